The lowest BCUT2D eigenvalue weighted by Crippen LogP contribution is -2.35. The van der Waals surface area contributed by atoms with Gasteiger partial charge in [-0.25, -0.2) is 0 Å². The molecule has 2 atom stereocenters. The summed E-state index contributed by atoms with van der Waals surface area (Å²) in [5.74, 6) is 0.470. The second kappa shape index (κ2) is 4.84. The number of hydrogen-bond donors (Lipinski definition) is 1. The van der Waals surface area contributed by atoms with Gasteiger partial charge >= 0.3 is 0 Å². The maximum atomic E-state index is 11.1. The van der Waals surface area contributed by atoms with Gasteiger partial charge in [-0.15, -0.1) is 0 Å². The van der Waals surface area contributed by atoms with E-state index in [9.17, 15) is 9.90 Å². The van der Waals surface area contributed by atoms with Crippen LogP contribution in [0.2, 0.25) is 0 Å². The van der Waals surface area contributed by atoms with Crippen molar-refractivity contribution in [2.75, 3.05) is 18.1 Å². The van der Waals surface area contributed by atoms with Crippen LogP contribution < -0.4 is 4.90 Å². The summed E-state index contributed by atoms with van der Waals surface area (Å²) in [5.41, 5.74) is 1.47. The van der Waals surface area contributed by atoms with Gasteiger partial charge in [-0.1, -0.05) is 6.92 Å². The van der Waals surface area contributed by atoms with E-state index in [4.69, 9.17) is 0 Å². The number of carbonyl (C=O) groups is 1. The summed E-state index contributed by atoms with van der Waals surface area (Å²) < 4.78 is 0. The standard InChI is InChI=1S/C13H18N2O2/c1-9-5-6-15(13(9)8-16)11-3-4-12(10(2)17)14-7-11/h3-4,7,9,13,16H,5-6,8H2,1-2H3. The topological polar surface area (TPSA) is 53.4 Å². The molecule has 1 saturated heterocycles. The Hall–Kier alpha value is -1.42. The third kappa shape index (κ3) is 2.31. The van der Waals surface area contributed by atoms with Crippen molar-refractivity contribution in [2.45, 2.75) is 26.3 Å². The normalized spacial score (nSPS) is 24.1. The van der Waals surface area contributed by atoms with Crippen LogP contribution in [0.15, 0.2) is 18.3 Å². The number of pyridine rings is 1. The zero-order chi connectivity index (χ0) is 12.4. The van der Waals surface area contributed by atoms with Crippen molar-refractivity contribution in [3.8, 4) is 0 Å². The third-order valence-electron chi connectivity index (χ3n) is 3.51. The summed E-state index contributed by atoms with van der Waals surface area (Å²) in [4.78, 5) is 17.4. The Bertz CT molecular complexity index is 402. The largest absolute Gasteiger partial charge is 0.394 e. The van der Waals surface area contributed by atoms with E-state index in [-0.39, 0.29) is 18.4 Å². The quantitative estimate of drug-likeness (QED) is 0.805. The molecule has 0 aliphatic carbocycles. The van der Waals surface area contributed by atoms with E-state index in [2.05, 4.69) is 16.8 Å². The van der Waals surface area contributed by atoms with Crippen LogP contribution in [0, 0.1) is 5.92 Å². The van der Waals surface area contributed by atoms with Gasteiger partial charge in [0, 0.05) is 13.5 Å². The van der Waals surface area contributed by atoms with Crippen LogP contribution in [0.4, 0.5) is 5.69 Å². The monoisotopic (exact) mass is 234 g/mol. The Morgan fingerprint density at radius 3 is 2.88 bits per heavy atom. The molecule has 2 rings (SSSR count). The molecule has 0 amide bonds. The minimum Gasteiger partial charge on any atom is -0.394 e. The van der Waals surface area contributed by atoms with E-state index < -0.39 is 0 Å². The van der Waals surface area contributed by atoms with Crippen molar-refractivity contribution in [3.05, 3.63) is 24.0 Å². The molecular weight excluding hydrogens is 216 g/mol. The summed E-state index contributed by atoms with van der Waals surface area (Å²) in [6.45, 7) is 4.76. The first-order valence-electron chi connectivity index (χ1n) is 5.98. The molecule has 2 unspecified atom stereocenters. The molecule has 4 nitrogen and oxygen atoms in total. The molecule has 0 aromatic carbocycles. The molecule has 0 saturated carbocycles. The molecule has 1 aromatic rings. The van der Waals surface area contributed by atoms with Crippen LogP contribution in [-0.2, 0) is 0 Å². The van der Waals surface area contributed by atoms with Crippen molar-refractivity contribution in [2.24, 2.45) is 5.92 Å². The summed E-state index contributed by atoms with van der Waals surface area (Å²) in [7, 11) is 0. The number of Topliss-reactive ketones (excluding diaryl/α,β-unsaturated/α-hetero) is 1. The predicted octanol–water partition coefficient (Wildman–Crippen LogP) is 1.49. The zero-order valence-electron chi connectivity index (χ0n) is 10.3. The summed E-state index contributed by atoms with van der Waals surface area (Å²) in [6, 6.07) is 3.82. The van der Waals surface area contributed by atoms with Crippen LogP contribution in [0.5, 0.6) is 0 Å². The Labute approximate surface area is 101 Å². The average molecular weight is 234 g/mol. The molecule has 0 spiro atoms. The van der Waals surface area contributed by atoms with Gasteiger partial charge in [-0.2, -0.15) is 0 Å². The number of rotatable bonds is 3. The molecule has 1 N–H and O–H groups in total. The van der Waals surface area contributed by atoms with Gasteiger partial charge in [0.2, 0.25) is 0 Å². The second-order valence-electron chi connectivity index (χ2n) is 4.67. The Morgan fingerprint density at radius 1 is 1.59 bits per heavy atom. The van der Waals surface area contributed by atoms with Gasteiger partial charge in [0.05, 0.1) is 24.5 Å². The van der Waals surface area contributed by atoms with Crippen molar-refractivity contribution in [1.29, 1.82) is 0 Å². The Balaban J connectivity index is 2.20. The number of carbonyl (C=O) groups excluding carboxylic acids is 1. The number of hydrogen-bond acceptors (Lipinski definition) is 4. The van der Waals surface area contributed by atoms with Gasteiger partial charge in [-0.3, -0.25) is 9.78 Å². The first-order valence-corrected chi connectivity index (χ1v) is 5.98. The van der Waals surface area contributed by atoms with E-state index >= 15 is 0 Å². The summed E-state index contributed by atoms with van der Waals surface area (Å²) in [6.07, 6.45) is 2.80. The van der Waals surface area contributed by atoms with E-state index in [1.54, 1.807) is 12.3 Å². The molecule has 2 heterocycles. The number of aliphatic hydroxyl groups is 1. The smallest absolute Gasteiger partial charge is 0.178 e. The fourth-order valence-electron chi connectivity index (χ4n) is 2.37. The fourth-order valence-corrected chi connectivity index (χ4v) is 2.37. The molecule has 1 fully saturated rings. The average Bonchev–Trinajstić information content (AvgIpc) is 2.70. The van der Waals surface area contributed by atoms with Gasteiger partial charge in [-0.05, 0) is 24.5 Å². The first kappa shape index (κ1) is 12.0. The van der Waals surface area contributed by atoms with E-state index in [0.29, 0.717) is 11.6 Å². The molecule has 0 radical (unpaired) electrons. The summed E-state index contributed by atoms with van der Waals surface area (Å²) in [5, 5.41) is 9.39. The number of anilines is 1. The lowest BCUT2D eigenvalue weighted by Gasteiger charge is -2.26. The van der Waals surface area contributed by atoms with Crippen LogP contribution in [0.1, 0.15) is 30.8 Å². The first-order chi connectivity index (χ1) is 8.13. The highest BCUT2D eigenvalue weighted by molar-refractivity contribution is 5.92. The Kier molecular flexibility index (Phi) is 3.43. The number of aliphatic hydroxyl groups excluding tert-OH is 1. The van der Waals surface area contributed by atoms with Crippen LogP contribution in [0.3, 0.4) is 0 Å². The zero-order valence-corrected chi connectivity index (χ0v) is 10.3. The van der Waals surface area contributed by atoms with Crippen molar-refractivity contribution < 1.29 is 9.90 Å². The minimum atomic E-state index is -0.0231. The second-order valence-corrected chi connectivity index (χ2v) is 4.67. The number of nitrogens with zero attached hydrogens (tertiary/aromatic N) is 2. The van der Waals surface area contributed by atoms with Crippen LogP contribution in [-0.4, -0.2) is 35.1 Å². The molecule has 17 heavy (non-hydrogen) atoms. The highest BCUT2D eigenvalue weighted by atomic mass is 16.3. The highest BCUT2D eigenvalue weighted by Gasteiger charge is 2.30. The lowest BCUT2D eigenvalue weighted by molar-refractivity contribution is 0.101. The molecule has 1 aliphatic heterocycles. The lowest BCUT2D eigenvalue weighted by atomic mass is 10.0. The van der Waals surface area contributed by atoms with Gasteiger partial charge in [0.25, 0.3) is 0 Å². The van der Waals surface area contributed by atoms with Crippen LogP contribution in [0.25, 0.3) is 0 Å². The molecule has 1 aliphatic rings. The maximum Gasteiger partial charge on any atom is 0.178 e. The Morgan fingerprint density at radius 2 is 2.35 bits per heavy atom. The molecular formula is C13H18N2O2. The van der Waals surface area contributed by atoms with Crippen molar-refractivity contribution in [3.63, 3.8) is 0 Å². The van der Waals surface area contributed by atoms with Crippen molar-refractivity contribution >= 4 is 11.5 Å². The highest BCUT2D eigenvalue weighted by Crippen LogP contribution is 2.28. The molecule has 4 heteroatoms. The summed E-state index contributed by atoms with van der Waals surface area (Å²) >= 11 is 0. The SMILES string of the molecule is CC(=O)c1ccc(N2CCC(C)C2CO)cn1. The van der Waals surface area contributed by atoms with Gasteiger partial charge < -0.3 is 10.0 Å². The van der Waals surface area contributed by atoms with E-state index in [1.165, 1.54) is 6.92 Å². The minimum absolute atomic E-state index is 0.0231. The maximum absolute atomic E-state index is 11.1. The fraction of sp³-hybridized carbons (Fsp3) is 0.538. The number of aromatic nitrogens is 1. The third-order valence-corrected chi connectivity index (χ3v) is 3.51. The molecule has 0 bridgehead atoms. The van der Waals surface area contributed by atoms with E-state index in [1.807, 2.05) is 6.07 Å². The van der Waals surface area contributed by atoms with Gasteiger partial charge in [0.1, 0.15) is 5.69 Å². The molecule has 92 valence electrons. The molecule has 1 aromatic heterocycles. The number of ketones is 1. The van der Waals surface area contributed by atoms with E-state index in [0.717, 1.165) is 18.7 Å². The van der Waals surface area contributed by atoms with Crippen molar-refractivity contribution in [1.82, 2.24) is 4.98 Å². The predicted molar refractivity (Wildman–Crippen MR) is 66.2 cm³/mol. The van der Waals surface area contributed by atoms with Crippen LogP contribution >= 0.6 is 0 Å². The van der Waals surface area contributed by atoms with Gasteiger partial charge in [0.15, 0.2) is 5.78 Å².